The summed E-state index contributed by atoms with van der Waals surface area (Å²) in [6, 6.07) is 4.18. The van der Waals surface area contributed by atoms with Crippen LogP contribution in [0.5, 0.6) is 0 Å². The van der Waals surface area contributed by atoms with E-state index in [2.05, 4.69) is 22.0 Å². The van der Waals surface area contributed by atoms with Crippen LogP contribution < -0.4 is 5.73 Å². The van der Waals surface area contributed by atoms with Gasteiger partial charge in [-0.15, -0.1) is 0 Å². The summed E-state index contributed by atoms with van der Waals surface area (Å²) in [6.07, 6.45) is 7.36. The van der Waals surface area contributed by atoms with E-state index in [9.17, 15) is 0 Å². The van der Waals surface area contributed by atoms with E-state index in [-0.39, 0.29) is 12.0 Å². The molecule has 2 unspecified atom stereocenters. The van der Waals surface area contributed by atoms with Gasteiger partial charge in [0.05, 0.1) is 0 Å². The first-order valence-electron chi connectivity index (χ1n) is 7.12. The van der Waals surface area contributed by atoms with Gasteiger partial charge < -0.3 is 10.3 Å². The Morgan fingerprint density at radius 3 is 2.65 bits per heavy atom. The standard InChI is InChI=1S/C15H22N4O/c1-11(4-3-5-12(2)16)15-18-14(19-20-15)10-13-6-8-17-9-7-13/h6-9,11-12H,3-5,10,16H2,1-2H3. The van der Waals surface area contributed by atoms with Gasteiger partial charge in [0, 0.05) is 30.8 Å². The molecule has 2 aromatic rings. The SMILES string of the molecule is CC(N)CCCC(C)c1nc(Cc2ccncc2)no1. The van der Waals surface area contributed by atoms with Gasteiger partial charge in [0.2, 0.25) is 5.89 Å². The van der Waals surface area contributed by atoms with Crippen molar-refractivity contribution in [2.24, 2.45) is 5.73 Å². The molecule has 0 radical (unpaired) electrons. The van der Waals surface area contributed by atoms with Gasteiger partial charge in [-0.3, -0.25) is 4.98 Å². The number of nitrogens with two attached hydrogens (primary N) is 1. The van der Waals surface area contributed by atoms with Gasteiger partial charge in [-0.1, -0.05) is 18.5 Å². The average molecular weight is 274 g/mol. The fraction of sp³-hybridized carbons (Fsp3) is 0.533. The van der Waals surface area contributed by atoms with E-state index >= 15 is 0 Å². The summed E-state index contributed by atoms with van der Waals surface area (Å²) < 4.78 is 5.35. The molecule has 2 aromatic heterocycles. The van der Waals surface area contributed by atoms with Gasteiger partial charge in [0.15, 0.2) is 5.82 Å². The fourth-order valence-corrected chi connectivity index (χ4v) is 2.09. The Morgan fingerprint density at radius 2 is 1.95 bits per heavy atom. The number of hydrogen-bond donors (Lipinski definition) is 1. The van der Waals surface area contributed by atoms with Gasteiger partial charge in [0.25, 0.3) is 0 Å². The molecule has 0 aromatic carbocycles. The van der Waals surface area contributed by atoms with Crippen LogP contribution in [0.3, 0.4) is 0 Å². The van der Waals surface area contributed by atoms with Crippen LogP contribution in [0.15, 0.2) is 29.0 Å². The monoisotopic (exact) mass is 274 g/mol. The zero-order valence-electron chi connectivity index (χ0n) is 12.1. The summed E-state index contributed by atoms with van der Waals surface area (Å²) in [5, 5.41) is 4.04. The lowest BCUT2D eigenvalue weighted by Gasteiger charge is -2.07. The van der Waals surface area contributed by atoms with E-state index in [1.807, 2.05) is 19.1 Å². The Labute approximate surface area is 119 Å². The van der Waals surface area contributed by atoms with Crippen molar-refractivity contribution < 1.29 is 4.52 Å². The minimum atomic E-state index is 0.257. The lowest BCUT2D eigenvalue weighted by Crippen LogP contribution is -2.14. The molecule has 5 heteroatoms. The van der Waals surface area contributed by atoms with Crippen molar-refractivity contribution in [1.82, 2.24) is 15.1 Å². The molecule has 0 saturated carbocycles. The molecule has 5 nitrogen and oxygen atoms in total. The van der Waals surface area contributed by atoms with Crippen molar-refractivity contribution in [3.05, 3.63) is 41.8 Å². The van der Waals surface area contributed by atoms with Crippen molar-refractivity contribution in [2.75, 3.05) is 0 Å². The number of nitrogens with zero attached hydrogens (tertiary/aromatic N) is 3. The minimum Gasteiger partial charge on any atom is -0.339 e. The molecule has 2 atom stereocenters. The molecular formula is C15H22N4O. The minimum absolute atomic E-state index is 0.257. The maximum atomic E-state index is 5.75. The molecule has 2 heterocycles. The summed E-state index contributed by atoms with van der Waals surface area (Å²) in [5.41, 5.74) is 6.89. The van der Waals surface area contributed by atoms with Gasteiger partial charge in [-0.2, -0.15) is 4.98 Å². The summed E-state index contributed by atoms with van der Waals surface area (Å²) in [5.74, 6) is 1.73. The third-order valence-electron chi connectivity index (χ3n) is 3.31. The highest BCUT2D eigenvalue weighted by molar-refractivity contribution is 5.14. The Balaban J connectivity index is 1.88. The molecule has 0 amide bonds. The molecule has 0 aliphatic carbocycles. The molecule has 0 aliphatic rings. The molecule has 2 N–H and O–H groups in total. The second-order valence-electron chi connectivity index (χ2n) is 5.39. The Bertz CT molecular complexity index is 510. The van der Waals surface area contributed by atoms with Gasteiger partial charge in [0.1, 0.15) is 0 Å². The Kier molecular flexibility index (Phi) is 5.24. The van der Waals surface area contributed by atoms with Crippen molar-refractivity contribution >= 4 is 0 Å². The smallest absolute Gasteiger partial charge is 0.229 e. The summed E-state index contributed by atoms with van der Waals surface area (Å²) in [6.45, 7) is 4.15. The van der Waals surface area contributed by atoms with Crippen LogP contribution in [-0.2, 0) is 6.42 Å². The lowest BCUT2D eigenvalue weighted by molar-refractivity contribution is 0.346. The lowest BCUT2D eigenvalue weighted by atomic mass is 10.0. The molecule has 0 bridgehead atoms. The van der Waals surface area contributed by atoms with Crippen LogP contribution >= 0.6 is 0 Å². The highest BCUT2D eigenvalue weighted by Crippen LogP contribution is 2.20. The summed E-state index contributed by atoms with van der Waals surface area (Å²) >= 11 is 0. The zero-order chi connectivity index (χ0) is 14.4. The van der Waals surface area contributed by atoms with Crippen LogP contribution in [0.4, 0.5) is 0 Å². The molecule has 0 fully saturated rings. The zero-order valence-corrected chi connectivity index (χ0v) is 12.1. The Morgan fingerprint density at radius 1 is 1.20 bits per heavy atom. The van der Waals surface area contributed by atoms with Crippen LogP contribution in [0.25, 0.3) is 0 Å². The van der Waals surface area contributed by atoms with Gasteiger partial charge in [-0.25, -0.2) is 0 Å². The fourth-order valence-electron chi connectivity index (χ4n) is 2.09. The van der Waals surface area contributed by atoms with Gasteiger partial charge in [-0.05, 0) is 37.5 Å². The van der Waals surface area contributed by atoms with Crippen molar-refractivity contribution in [2.45, 2.75) is 51.5 Å². The third-order valence-corrected chi connectivity index (χ3v) is 3.31. The number of aromatic nitrogens is 3. The highest BCUT2D eigenvalue weighted by Gasteiger charge is 2.14. The summed E-state index contributed by atoms with van der Waals surface area (Å²) in [7, 11) is 0. The predicted octanol–water partition coefficient (Wildman–Crippen LogP) is 2.68. The topological polar surface area (TPSA) is 77.8 Å². The number of pyridine rings is 1. The van der Waals surface area contributed by atoms with Crippen molar-refractivity contribution in [1.29, 1.82) is 0 Å². The van der Waals surface area contributed by atoms with Crippen LogP contribution in [0, 0.1) is 0 Å². The quantitative estimate of drug-likeness (QED) is 0.839. The maximum absolute atomic E-state index is 5.75. The largest absolute Gasteiger partial charge is 0.339 e. The first-order valence-corrected chi connectivity index (χ1v) is 7.12. The molecular weight excluding hydrogens is 252 g/mol. The maximum Gasteiger partial charge on any atom is 0.229 e. The average Bonchev–Trinajstić information content (AvgIpc) is 2.88. The number of rotatable bonds is 7. The molecule has 108 valence electrons. The second-order valence-corrected chi connectivity index (χ2v) is 5.39. The van der Waals surface area contributed by atoms with E-state index in [0.29, 0.717) is 6.42 Å². The molecule has 0 aliphatic heterocycles. The summed E-state index contributed by atoms with van der Waals surface area (Å²) in [4.78, 5) is 8.47. The van der Waals surface area contributed by atoms with E-state index < -0.39 is 0 Å². The first-order chi connectivity index (χ1) is 9.65. The van der Waals surface area contributed by atoms with Crippen LogP contribution in [0.1, 0.15) is 56.3 Å². The van der Waals surface area contributed by atoms with Crippen molar-refractivity contribution in [3.8, 4) is 0 Å². The number of hydrogen-bond acceptors (Lipinski definition) is 5. The van der Waals surface area contributed by atoms with E-state index in [1.54, 1.807) is 12.4 Å². The second kappa shape index (κ2) is 7.14. The molecule has 20 heavy (non-hydrogen) atoms. The highest BCUT2D eigenvalue weighted by atomic mass is 16.5. The molecule has 0 spiro atoms. The predicted molar refractivity (Wildman–Crippen MR) is 77.3 cm³/mol. The van der Waals surface area contributed by atoms with E-state index in [1.165, 1.54) is 0 Å². The normalized spacial score (nSPS) is 14.2. The molecule has 0 saturated heterocycles. The first kappa shape index (κ1) is 14.7. The third kappa shape index (κ3) is 4.42. The van der Waals surface area contributed by atoms with Gasteiger partial charge >= 0.3 is 0 Å². The van der Waals surface area contributed by atoms with E-state index in [4.69, 9.17) is 10.3 Å². The van der Waals surface area contributed by atoms with Crippen LogP contribution in [-0.4, -0.2) is 21.2 Å². The van der Waals surface area contributed by atoms with Crippen molar-refractivity contribution in [3.63, 3.8) is 0 Å². The van der Waals surface area contributed by atoms with E-state index in [0.717, 1.165) is 36.5 Å². The Hall–Kier alpha value is -1.75. The molecule has 2 rings (SSSR count). The van der Waals surface area contributed by atoms with Crippen LogP contribution in [0.2, 0.25) is 0 Å².